The Morgan fingerprint density at radius 1 is 0.500 bits per heavy atom. The van der Waals surface area contributed by atoms with Gasteiger partial charge in [0.15, 0.2) is 6.29 Å². The minimum Gasteiger partial charge on any atom is -0.374 e. The van der Waals surface area contributed by atoms with Gasteiger partial charge in [0, 0.05) is 0 Å². The normalized spacial score (nSPS) is 22.7. The fraction of sp³-hybridized carbons (Fsp3) is 0.294. The second-order valence-corrected chi connectivity index (χ2v) is 9.94. The van der Waals surface area contributed by atoms with Gasteiger partial charge in [0.05, 0.1) is 39.1 Å². The summed E-state index contributed by atoms with van der Waals surface area (Å²) >= 11 is 0. The van der Waals surface area contributed by atoms with Gasteiger partial charge >= 0.3 is 0 Å². The summed E-state index contributed by atoms with van der Waals surface area (Å²) in [6.07, 6.45) is -2.09. The van der Waals surface area contributed by atoms with Crippen LogP contribution in [0.25, 0.3) is 0 Å². The van der Waals surface area contributed by atoms with Crippen LogP contribution in [-0.2, 0) is 50.1 Å². The van der Waals surface area contributed by atoms with Crippen molar-refractivity contribution in [3.63, 3.8) is 0 Å². The average molecular weight is 540 g/mol. The molecule has 4 aromatic rings. The summed E-state index contributed by atoms with van der Waals surface area (Å²) in [5.41, 5.74) is 11.0. The maximum Gasteiger partial charge on any atom is 0.176 e. The third-order valence-corrected chi connectivity index (χ3v) is 6.91. The number of rotatable bonds is 13. The smallest absolute Gasteiger partial charge is 0.176 e. The number of hydrogen-bond donors (Lipinski definition) is 1. The lowest BCUT2D eigenvalue weighted by atomic mass is 9.96. The van der Waals surface area contributed by atoms with Crippen LogP contribution in [0.5, 0.6) is 0 Å². The summed E-state index contributed by atoms with van der Waals surface area (Å²) < 4.78 is 31.8. The SMILES string of the molecule is NC1C(OCc2ccccc2)[C@H](OCc2ccccc2)C(COCc2ccccc2)O[C@H]1OCc1ccccc1. The van der Waals surface area contributed by atoms with E-state index in [-0.39, 0.29) is 0 Å². The van der Waals surface area contributed by atoms with Gasteiger partial charge in [-0.2, -0.15) is 0 Å². The summed E-state index contributed by atoms with van der Waals surface area (Å²) in [6.45, 7) is 1.93. The van der Waals surface area contributed by atoms with Gasteiger partial charge in [0.25, 0.3) is 0 Å². The molecule has 1 heterocycles. The molecule has 6 heteroatoms. The van der Waals surface area contributed by atoms with Gasteiger partial charge in [-0.15, -0.1) is 0 Å². The second-order valence-electron chi connectivity index (χ2n) is 9.94. The molecule has 1 aliphatic heterocycles. The molecule has 0 bridgehead atoms. The molecule has 5 rings (SSSR count). The van der Waals surface area contributed by atoms with Gasteiger partial charge in [0.1, 0.15) is 18.3 Å². The van der Waals surface area contributed by atoms with Gasteiger partial charge in [-0.05, 0) is 22.3 Å². The summed E-state index contributed by atoms with van der Waals surface area (Å²) in [4.78, 5) is 0. The fourth-order valence-electron chi connectivity index (χ4n) is 4.77. The summed E-state index contributed by atoms with van der Waals surface area (Å²) in [5.74, 6) is 0. The molecule has 5 atom stereocenters. The zero-order valence-corrected chi connectivity index (χ0v) is 22.6. The largest absolute Gasteiger partial charge is 0.374 e. The third-order valence-electron chi connectivity index (χ3n) is 6.91. The van der Waals surface area contributed by atoms with Crippen molar-refractivity contribution < 1.29 is 23.7 Å². The van der Waals surface area contributed by atoms with Crippen LogP contribution < -0.4 is 5.73 Å². The first kappa shape index (κ1) is 28.2. The molecule has 2 N–H and O–H groups in total. The lowest BCUT2D eigenvalue weighted by molar-refractivity contribution is -0.289. The molecule has 1 fully saturated rings. The summed E-state index contributed by atoms with van der Waals surface area (Å²) in [6, 6.07) is 39.6. The van der Waals surface area contributed by atoms with Crippen LogP contribution in [0.3, 0.4) is 0 Å². The molecular formula is C34H37NO5. The van der Waals surface area contributed by atoms with Crippen molar-refractivity contribution in [1.82, 2.24) is 0 Å². The molecule has 0 saturated carbocycles. The van der Waals surface area contributed by atoms with Crippen LogP contribution in [0.2, 0.25) is 0 Å². The Bertz CT molecular complexity index is 1200. The lowest BCUT2D eigenvalue weighted by Crippen LogP contribution is -2.64. The zero-order chi connectivity index (χ0) is 27.4. The van der Waals surface area contributed by atoms with Gasteiger partial charge in [-0.3, -0.25) is 0 Å². The maximum absolute atomic E-state index is 6.80. The van der Waals surface area contributed by atoms with E-state index in [9.17, 15) is 0 Å². The van der Waals surface area contributed by atoms with E-state index in [1.54, 1.807) is 0 Å². The average Bonchev–Trinajstić information content (AvgIpc) is 3.01. The Morgan fingerprint density at radius 3 is 1.38 bits per heavy atom. The molecular weight excluding hydrogens is 502 g/mol. The minimum atomic E-state index is -0.692. The van der Waals surface area contributed by atoms with Crippen LogP contribution in [-0.4, -0.2) is 37.3 Å². The highest BCUT2D eigenvalue weighted by atomic mass is 16.7. The molecule has 40 heavy (non-hydrogen) atoms. The molecule has 0 radical (unpaired) electrons. The molecule has 208 valence electrons. The van der Waals surface area contributed by atoms with Crippen molar-refractivity contribution in [2.45, 2.75) is 57.1 Å². The van der Waals surface area contributed by atoms with Crippen molar-refractivity contribution in [3.8, 4) is 0 Å². The highest BCUT2D eigenvalue weighted by Gasteiger charge is 2.46. The molecule has 4 aromatic carbocycles. The molecule has 3 unspecified atom stereocenters. The van der Waals surface area contributed by atoms with Crippen molar-refractivity contribution in [1.29, 1.82) is 0 Å². The van der Waals surface area contributed by atoms with E-state index in [1.165, 1.54) is 0 Å². The first-order chi connectivity index (χ1) is 19.8. The first-order valence-corrected chi connectivity index (χ1v) is 13.8. The predicted octanol–water partition coefficient (Wildman–Crippen LogP) is 5.64. The second kappa shape index (κ2) is 14.9. The lowest BCUT2D eigenvalue weighted by Gasteiger charge is -2.44. The highest BCUT2D eigenvalue weighted by Crippen LogP contribution is 2.28. The standard InChI is InChI=1S/C34H37NO5/c35-31-33(38-23-28-17-9-3-10-18-28)32(37-22-27-15-7-2-8-16-27)30(25-36-21-26-13-5-1-6-14-26)40-34(31)39-24-29-19-11-4-12-20-29/h1-20,30-34H,21-25,35H2/t30?,31?,32-,33?,34-/m1/s1. The molecule has 0 aromatic heterocycles. The molecule has 0 amide bonds. The van der Waals surface area contributed by atoms with Crippen molar-refractivity contribution in [2.75, 3.05) is 6.61 Å². The van der Waals surface area contributed by atoms with Gasteiger partial charge < -0.3 is 29.4 Å². The Labute approximate surface area is 236 Å². The summed E-state index contributed by atoms with van der Waals surface area (Å²) in [5, 5.41) is 0. The Balaban J connectivity index is 1.34. The predicted molar refractivity (Wildman–Crippen MR) is 154 cm³/mol. The van der Waals surface area contributed by atoms with E-state index in [4.69, 9.17) is 29.4 Å². The fourth-order valence-corrected chi connectivity index (χ4v) is 4.77. The molecule has 1 saturated heterocycles. The van der Waals surface area contributed by atoms with Gasteiger partial charge in [0.2, 0.25) is 0 Å². The van der Waals surface area contributed by atoms with Gasteiger partial charge in [-0.25, -0.2) is 0 Å². The number of ether oxygens (including phenoxy) is 5. The molecule has 0 spiro atoms. The van der Waals surface area contributed by atoms with E-state index >= 15 is 0 Å². The Hall–Kier alpha value is -3.36. The van der Waals surface area contributed by atoms with Crippen molar-refractivity contribution >= 4 is 0 Å². The monoisotopic (exact) mass is 539 g/mol. The first-order valence-electron chi connectivity index (χ1n) is 13.8. The van der Waals surface area contributed by atoms with Crippen LogP contribution in [0.4, 0.5) is 0 Å². The molecule has 1 aliphatic rings. The van der Waals surface area contributed by atoms with Crippen LogP contribution in [0.15, 0.2) is 121 Å². The van der Waals surface area contributed by atoms with Crippen LogP contribution >= 0.6 is 0 Å². The van der Waals surface area contributed by atoms with Gasteiger partial charge in [-0.1, -0.05) is 121 Å². The topological polar surface area (TPSA) is 72.2 Å². The van der Waals surface area contributed by atoms with E-state index in [0.29, 0.717) is 33.0 Å². The van der Waals surface area contributed by atoms with E-state index in [0.717, 1.165) is 22.3 Å². The molecule has 6 nitrogen and oxygen atoms in total. The van der Waals surface area contributed by atoms with Crippen molar-refractivity contribution in [2.24, 2.45) is 5.73 Å². The van der Waals surface area contributed by atoms with Crippen LogP contribution in [0.1, 0.15) is 22.3 Å². The van der Waals surface area contributed by atoms with Crippen LogP contribution in [0, 0.1) is 0 Å². The van der Waals surface area contributed by atoms with E-state index in [2.05, 4.69) is 0 Å². The number of nitrogens with two attached hydrogens (primary N) is 1. The Morgan fingerprint density at radius 2 is 0.900 bits per heavy atom. The minimum absolute atomic E-state index is 0.303. The zero-order valence-electron chi connectivity index (χ0n) is 22.6. The highest BCUT2D eigenvalue weighted by molar-refractivity contribution is 5.16. The third kappa shape index (κ3) is 8.08. The quantitative estimate of drug-likeness (QED) is 0.237. The number of benzene rings is 4. The van der Waals surface area contributed by atoms with E-state index < -0.39 is 30.6 Å². The Kier molecular flexibility index (Phi) is 10.5. The molecule has 0 aliphatic carbocycles. The maximum atomic E-state index is 6.80. The van der Waals surface area contributed by atoms with Crippen molar-refractivity contribution in [3.05, 3.63) is 144 Å². The number of hydrogen-bond acceptors (Lipinski definition) is 6. The summed E-state index contributed by atoms with van der Waals surface area (Å²) in [7, 11) is 0. The van der Waals surface area contributed by atoms with E-state index in [1.807, 2.05) is 121 Å².